The minimum atomic E-state index is -0.628. The predicted octanol–water partition coefficient (Wildman–Crippen LogP) is 3.58. The fourth-order valence-electron chi connectivity index (χ4n) is 2.22. The van der Waals surface area contributed by atoms with E-state index >= 15 is 0 Å². The highest BCUT2D eigenvalue weighted by atomic mass is 16.6. The molecule has 0 spiro atoms. The molecule has 0 fully saturated rings. The molecule has 0 saturated heterocycles. The Morgan fingerprint density at radius 1 is 1.42 bits per heavy atom. The van der Waals surface area contributed by atoms with E-state index in [1.165, 1.54) is 0 Å². The Bertz CT molecular complexity index is 703. The minimum absolute atomic E-state index is 0.118. The molecule has 1 amide bonds. The summed E-state index contributed by atoms with van der Waals surface area (Å²) < 4.78 is 5.22. The van der Waals surface area contributed by atoms with Crippen molar-refractivity contribution in [3.05, 3.63) is 54.4 Å². The number of carbonyl (C=O) groups is 1. The van der Waals surface area contributed by atoms with E-state index < -0.39 is 17.7 Å². The number of hydrogen-bond acceptors (Lipinski definition) is 4. The fraction of sp³-hybridized carbons (Fsp3) is 0.333. The largest absolute Gasteiger partial charge is 0.511 e. The zero-order valence-electron chi connectivity index (χ0n) is 14.2. The van der Waals surface area contributed by atoms with Crippen LogP contribution in [0, 0.1) is 0 Å². The lowest BCUT2D eigenvalue weighted by Crippen LogP contribution is -2.41. The third kappa shape index (κ3) is 5.15. The summed E-state index contributed by atoms with van der Waals surface area (Å²) in [5, 5.41) is 19.3. The minimum Gasteiger partial charge on any atom is -0.511 e. The standard InChI is InChI=1S/C18H23N3O3/c1-12(22)16(20-17(23)24-18(2,3)4)11-13-6-5-7-14(10-13)15-8-9-19-21-15/h5-10,16,22H,1,11H2,2-4H3,(H,19,21)(H,20,23)/t16-/m1/s1. The molecule has 2 aromatic rings. The molecule has 0 aliphatic carbocycles. The summed E-state index contributed by atoms with van der Waals surface area (Å²) in [4.78, 5) is 11.9. The van der Waals surface area contributed by atoms with Gasteiger partial charge in [-0.25, -0.2) is 4.79 Å². The number of rotatable bonds is 5. The van der Waals surface area contributed by atoms with Crippen LogP contribution in [0.1, 0.15) is 26.3 Å². The molecule has 3 N–H and O–H groups in total. The average molecular weight is 329 g/mol. The monoisotopic (exact) mass is 329 g/mol. The SMILES string of the molecule is C=C(O)[C@@H](Cc1cccc(-c2ccn[nH]2)c1)NC(=O)OC(C)(C)C. The summed E-state index contributed by atoms with van der Waals surface area (Å²) in [6.07, 6.45) is 1.49. The number of aromatic amines is 1. The van der Waals surface area contributed by atoms with E-state index in [1.54, 1.807) is 27.0 Å². The van der Waals surface area contributed by atoms with Gasteiger partial charge >= 0.3 is 6.09 Å². The molecule has 1 aromatic carbocycles. The number of aliphatic hydroxyl groups excluding tert-OH is 1. The van der Waals surface area contributed by atoms with Crippen LogP contribution < -0.4 is 5.32 Å². The molecule has 0 saturated carbocycles. The number of nitrogens with zero attached hydrogens (tertiary/aromatic N) is 1. The molecule has 128 valence electrons. The number of carbonyl (C=O) groups excluding carboxylic acids is 1. The zero-order valence-corrected chi connectivity index (χ0v) is 14.2. The van der Waals surface area contributed by atoms with Gasteiger partial charge < -0.3 is 15.2 Å². The second kappa shape index (κ2) is 7.21. The van der Waals surface area contributed by atoms with Gasteiger partial charge in [0.15, 0.2) is 0 Å². The van der Waals surface area contributed by atoms with Crippen LogP contribution >= 0.6 is 0 Å². The topological polar surface area (TPSA) is 87.2 Å². The number of nitrogens with one attached hydrogen (secondary N) is 2. The van der Waals surface area contributed by atoms with Gasteiger partial charge in [0.25, 0.3) is 0 Å². The van der Waals surface area contributed by atoms with Crippen LogP contribution in [-0.2, 0) is 11.2 Å². The number of benzene rings is 1. The van der Waals surface area contributed by atoms with Crippen molar-refractivity contribution in [1.29, 1.82) is 0 Å². The molecule has 1 heterocycles. The lowest BCUT2D eigenvalue weighted by molar-refractivity contribution is 0.0501. The van der Waals surface area contributed by atoms with Gasteiger partial charge in [-0.1, -0.05) is 24.8 Å². The number of ether oxygens (including phenoxy) is 1. The summed E-state index contributed by atoms with van der Waals surface area (Å²) in [6.45, 7) is 8.89. The van der Waals surface area contributed by atoms with Crippen LogP contribution in [0.15, 0.2) is 48.9 Å². The second-order valence-corrected chi connectivity index (χ2v) is 6.56. The second-order valence-electron chi connectivity index (χ2n) is 6.56. The molecule has 6 nitrogen and oxygen atoms in total. The summed E-state index contributed by atoms with van der Waals surface area (Å²) in [7, 11) is 0. The van der Waals surface area contributed by atoms with Crippen LogP contribution in [0.5, 0.6) is 0 Å². The molecule has 6 heteroatoms. The van der Waals surface area contributed by atoms with Crippen LogP contribution in [0.4, 0.5) is 4.79 Å². The first-order chi connectivity index (χ1) is 11.2. The maximum Gasteiger partial charge on any atom is 0.408 e. The molecule has 0 aliphatic rings. The number of H-pyrrole nitrogens is 1. The van der Waals surface area contributed by atoms with Crippen molar-refractivity contribution in [3.8, 4) is 11.3 Å². The maximum absolute atomic E-state index is 11.9. The van der Waals surface area contributed by atoms with Crippen LogP contribution in [0.3, 0.4) is 0 Å². The smallest absolute Gasteiger partial charge is 0.408 e. The van der Waals surface area contributed by atoms with Gasteiger partial charge in [-0.3, -0.25) is 5.10 Å². The molecule has 0 aliphatic heterocycles. The van der Waals surface area contributed by atoms with Crippen molar-refractivity contribution in [2.45, 2.75) is 38.8 Å². The van der Waals surface area contributed by atoms with Crippen molar-refractivity contribution >= 4 is 6.09 Å². The fourth-order valence-corrected chi connectivity index (χ4v) is 2.22. The Kier molecular flexibility index (Phi) is 5.28. The lowest BCUT2D eigenvalue weighted by Gasteiger charge is -2.23. The van der Waals surface area contributed by atoms with Gasteiger partial charge in [0, 0.05) is 12.6 Å². The summed E-state index contributed by atoms with van der Waals surface area (Å²) >= 11 is 0. The molecular formula is C18H23N3O3. The quantitative estimate of drug-likeness (QED) is 0.732. The molecule has 2 rings (SSSR count). The molecule has 24 heavy (non-hydrogen) atoms. The Labute approximate surface area is 141 Å². The van der Waals surface area contributed by atoms with Crippen molar-refractivity contribution < 1.29 is 14.6 Å². The Morgan fingerprint density at radius 2 is 2.17 bits per heavy atom. The summed E-state index contributed by atoms with van der Waals surface area (Å²) in [6, 6.07) is 9.02. The Hall–Kier alpha value is -2.76. The van der Waals surface area contributed by atoms with E-state index in [9.17, 15) is 9.90 Å². The zero-order chi connectivity index (χ0) is 17.7. The molecular weight excluding hydrogens is 306 g/mol. The Morgan fingerprint density at radius 3 is 2.75 bits per heavy atom. The van der Waals surface area contributed by atoms with Gasteiger partial charge in [0.1, 0.15) is 11.4 Å². The highest BCUT2D eigenvalue weighted by Gasteiger charge is 2.21. The predicted molar refractivity (Wildman–Crippen MR) is 92.7 cm³/mol. The van der Waals surface area contributed by atoms with Gasteiger partial charge in [-0.05, 0) is 44.0 Å². The number of amides is 1. The van der Waals surface area contributed by atoms with Gasteiger partial charge in [-0.2, -0.15) is 5.10 Å². The first-order valence-electron chi connectivity index (χ1n) is 7.70. The molecule has 0 radical (unpaired) electrons. The maximum atomic E-state index is 11.9. The highest BCUT2D eigenvalue weighted by Crippen LogP contribution is 2.19. The van der Waals surface area contributed by atoms with Gasteiger partial charge in [0.05, 0.1) is 11.7 Å². The molecule has 0 unspecified atom stereocenters. The third-order valence-corrected chi connectivity index (χ3v) is 3.27. The van der Waals surface area contributed by atoms with Crippen molar-refractivity contribution in [2.24, 2.45) is 0 Å². The normalized spacial score (nSPS) is 12.5. The van der Waals surface area contributed by atoms with Crippen LogP contribution in [-0.4, -0.2) is 33.0 Å². The van der Waals surface area contributed by atoms with E-state index in [4.69, 9.17) is 4.74 Å². The van der Waals surface area contributed by atoms with E-state index in [-0.39, 0.29) is 5.76 Å². The first-order valence-corrected chi connectivity index (χ1v) is 7.70. The van der Waals surface area contributed by atoms with Crippen molar-refractivity contribution in [1.82, 2.24) is 15.5 Å². The first kappa shape index (κ1) is 17.6. The average Bonchev–Trinajstić information content (AvgIpc) is 2.99. The summed E-state index contributed by atoms with van der Waals surface area (Å²) in [5.41, 5.74) is 2.21. The number of aliphatic hydroxyl groups is 1. The van der Waals surface area contributed by atoms with E-state index in [0.29, 0.717) is 6.42 Å². The number of aromatic nitrogens is 2. The van der Waals surface area contributed by atoms with Crippen LogP contribution in [0.2, 0.25) is 0 Å². The third-order valence-electron chi connectivity index (χ3n) is 3.27. The van der Waals surface area contributed by atoms with E-state index in [2.05, 4.69) is 22.1 Å². The van der Waals surface area contributed by atoms with Gasteiger partial charge in [0.2, 0.25) is 0 Å². The number of hydrogen-bond donors (Lipinski definition) is 3. The highest BCUT2D eigenvalue weighted by molar-refractivity contribution is 5.68. The van der Waals surface area contributed by atoms with Gasteiger partial charge in [-0.15, -0.1) is 0 Å². The van der Waals surface area contributed by atoms with E-state index in [0.717, 1.165) is 16.8 Å². The Balaban J connectivity index is 2.09. The molecule has 0 bridgehead atoms. The summed E-state index contributed by atoms with van der Waals surface area (Å²) in [5.74, 6) is -0.118. The molecule has 1 atom stereocenters. The van der Waals surface area contributed by atoms with E-state index in [1.807, 2.05) is 30.3 Å². The van der Waals surface area contributed by atoms with Crippen LogP contribution in [0.25, 0.3) is 11.3 Å². The van der Waals surface area contributed by atoms with Crippen molar-refractivity contribution in [3.63, 3.8) is 0 Å². The lowest BCUT2D eigenvalue weighted by atomic mass is 10.0. The number of alkyl carbamates (subject to hydrolysis) is 1. The van der Waals surface area contributed by atoms with Crippen molar-refractivity contribution in [2.75, 3.05) is 0 Å². The molecule has 1 aromatic heterocycles.